The SMILES string of the molecule is CC1CCCN(C(=O)NCC(C)C(C)(C)C)C1C(=O)O. The maximum atomic E-state index is 12.2. The number of nitrogens with one attached hydrogen (secondary N) is 1. The van der Waals surface area contributed by atoms with Crippen LogP contribution in [0.25, 0.3) is 0 Å². The van der Waals surface area contributed by atoms with Crippen LogP contribution in [0.2, 0.25) is 0 Å². The summed E-state index contributed by atoms with van der Waals surface area (Å²) in [5, 5.41) is 12.2. The van der Waals surface area contributed by atoms with E-state index in [1.807, 2.05) is 6.92 Å². The summed E-state index contributed by atoms with van der Waals surface area (Å²) in [5.41, 5.74) is 0.120. The first kappa shape index (κ1) is 16.8. The van der Waals surface area contributed by atoms with Crippen molar-refractivity contribution in [1.29, 1.82) is 0 Å². The van der Waals surface area contributed by atoms with Crippen molar-refractivity contribution in [2.24, 2.45) is 17.3 Å². The van der Waals surface area contributed by atoms with E-state index in [9.17, 15) is 14.7 Å². The Morgan fingerprint density at radius 3 is 2.50 bits per heavy atom. The number of carboxylic acid groups (broad SMARTS) is 1. The Bertz CT molecular complexity index is 363. The van der Waals surface area contributed by atoms with Crippen LogP contribution in [0.1, 0.15) is 47.5 Å². The second kappa shape index (κ2) is 6.46. The van der Waals surface area contributed by atoms with Crippen molar-refractivity contribution in [3.05, 3.63) is 0 Å². The molecule has 1 fully saturated rings. The van der Waals surface area contributed by atoms with Crippen LogP contribution in [-0.4, -0.2) is 41.1 Å². The minimum atomic E-state index is -0.906. The number of likely N-dealkylation sites (tertiary alicyclic amines) is 1. The molecule has 1 aliphatic heterocycles. The molecule has 3 unspecified atom stereocenters. The van der Waals surface area contributed by atoms with Gasteiger partial charge in [-0.05, 0) is 30.1 Å². The number of carbonyl (C=O) groups is 2. The van der Waals surface area contributed by atoms with Gasteiger partial charge >= 0.3 is 12.0 Å². The smallest absolute Gasteiger partial charge is 0.326 e. The molecule has 1 heterocycles. The van der Waals surface area contributed by atoms with E-state index in [2.05, 4.69) is 33.0 Å². The maximum absolute atomic E-state index is 12.2. The summed E-state index contributed by atoms with van der Waals surface area (Å²) in [6.07, 6.45) is 1.73. The van der Waals surface area contributed by atoms with Crippen LogP contribution in [0, 0.1) is 17.3 Å². The van der Waals surface area contributed by atoms with Gasteiger partial charge in [0.1, 0.15) is 6.04 Å². The van der Waals surface area contributed by atoms with Gasteiger partial charge in [-0.1, -0.05) is 34.6 Å². The van der Waals surface area contributed by atoms with Crippen molar-refractivity contribution in [3.8, 4) is 0 Å². The monoisotopic (exact) mass is 284 g/mol. The van der Waals surface area contributed by atoms with Gasteiger partial charge < -0.3 is 15.3 Å². The molecule has 1 saturated heterocycles. The van der Waals surface area contributed by atoms with Crippen LogP contribution in [-0.2, 0) is 4.79 Å². The molecule has 0 aromatic carbocycles. The molecule has 0 aromatic heterocycles. The Labute approximate surface area is 121 Å². The number of piperidine rings is 1. The van der Waals surface area contributed by atoms with E-state index >= 15 is 0 Å². The molecular weight excluding hydrogens is 256 g/mol. The molecule has 1 aliphatic rings. The van der Waals surface area contributed by atoms with Crippen molar-refractivity contribution in [2.45, 2.75) is 53.5 Å². The zero-order chi connectivity index (χ0) is 15.5. The third kappa shape index (κ3) is 4.12. The first-order valence-corrected chi connectivity index (χ1v) is 7.42. The number of nitrogens with zero attached hydrogens (tertiary/aromatic N) is 1. The molecule has 3 atom stereocenters. The first-order valence-electron chi connectivity index (χ1n) is 7.42. The van der Waals surface area contributed by atoms with E-state index in [-0.39, 0.29) is 17.4 Å². The quantitative estimate of drug-likeness (QED) is 0.837. The largest absolute Gasteiger partial charge is 0.480 e. The van der Waals surface area contributed by atoms with Crippen LogP contribution in [0.4, 0.5) is 4.79 Å². The lowest BCUT2D eigenvalue weighted by molar-refractivity contribution is -0.145. The van der Waals surface area contributed by atoms with Gasteiger partial charge in [0.2, 0.25) is 0 Å². The number of carbonyl (C=O) groups excluding carboxylic acids is 1. The highest BCUT2D eigenvalue weighted by Gasteiger charge is 2.37. The Hall–Kier alpha value is -1.26. The van der Waals surface area contributed by atoms with Crippen molar-refractivity contribution in [3.63, 3.8) is 0 Å². The van der Waals surface area contributed by atoms with E-state index < -0.39 is 12.0 Å². The fraction of sp³-hybridized carbons (Fsp3) is 0.867. The average Bonchev–Trinajstić information content (AvgIpc) is 2.33. The molecule has 2 amide bonds. The molecule has 0 saturated carbocycles. The van der Waals surface area contributed by atoms with Gasteiger partial charge in [0.05, 0.1) is 0 Å². The van der Waals surface area contributed by atoms with Gasteiger partial charge in [0.15, 0.2) is 0 Å². The second-order valence-corrected chi connectivity index (χ2v) is 7.05. The molecule has 0 spiro atoms. The van der Waals surface area contributed by atoms with E-state index in [1.165, 1.54) is 4.90 Å². The highest BCUT2D eigenvalue weighted by atomic mass is 16.4. The fourth-order valence-electron chi connectivity index (χ4n) is 2.44. The summed E-state index contributed by atoms with van der Waals surface area (Å²) in [4.78, 5) is 25.1. The Kier molecular flexibility index (Phi) is 5.42. The number of rotatable bonds is 3. The standard InChI is InChI=1S/C15H28N2O3/c1-10-7-6-8-17(12(10)13(18)19)14(20)16-9-11(2)15(3,4)5/h10-12H,6-9H2,1-5H3,(H,16,20)(H,18,19). The van der Waals surface area contributed by atoms with Gasteiger partial charge in [-0.2, -0.15) is 0 Å². The predicted octanol–water partition coefficient (Wildman–Crippen LogP) is 2.56. The number of hydrogen-bond donors (Lipinski definition) is 2. The molecular formula is C15H28N2O3. The minimum absolute atomic E-state index is 0.00652. The third-order valence-corrected chi connectivity index (χ3v) is 4.49. The highest BCUT2D eigenvalue weighted by Crippen LogP contribution is 2.26. The molecule has 0 aliphatic carbocycles. The molecule has 0 radical (unpaired) electrons. The molecule has 0 aromatic rings. The molecule has 20 heavy (non-hydrogen) atoms. The van der Waals surface area contributed by atoms with E-state index in [0.717, 1.165) is 12.8 Å². The highest BCUT2D eigenvalue weighted by molar-refractivity contribution is 5.83. The molecule has 2 N–H and O–H groups in total. The van der Waals surface area contributed by atoms with Gasteiger partial charge in [0, 0.05) is 13.1 Å². The molecule has 116 valence electrons. The van der Waals surface area contributed by atoms with Gasteiger partial charge in [-0.3, -0.25) is 0 Å². The van der Waals surface area contributed by atoms with Crippen LogP contribution < -0.4 is 5.32 Å². The molecule has 0 bridgehead atoms. The summed E-state index contributed by atoms with van der Waals surface area (Å²) in [6.45, 7) is 11.5. The first-order chi connectivity index (χ1) is 9.14. The Balaban J connectivity index is 2.63. The lowest BCUT2D eigenvalue weighted by atomic mass is 9.82. The van der Waals surface area contributed by atoms with Crippen molar-refractivity contribution >= 4 is 12.0 Å². The zero-order valence-electron chi connectivity index (χ0n) is 13.3. The number of urea groups is 1. The van der Waals surface area contributed by atoms with E-state index in [4.69, 9.17) is 0 Å². The summed E-state index contributed by atoms with van der Waals surface area (Å²) in [6, 6.07) is -0.950. The summed E-state index contributed by atoms with van der Waals surface area (Å²) in [5.74, 6) is -0.569. The van der Waals surface area contributed by atoms with Crippen LogP contribution in [0.15, 0.2) is 0 Å². The lowest BCUT2D eigenvalue weighted by Gasteiger charge is -2.37. The lowest BCUT2D eigenvalue weighted by Crippen LogP contribution is -2.55. The predicted molar refractivity (Wildman–Crippen MR) is 78.5 cm³/mol. The Morgan fingerprint density at radius 1 is 1.40 bits per heavy atom. The van der Waals surface area contributed by atoms with Crippen LogP contribution >= 0.6 is 0 Å². The molecule has 5 heteroatoms. The zero-order valence-corrected chi connectivity index (χ0v) is 13.3. The molecule has 5 nitrogen and oxygen atoms in total. The van der Waals surface area contributed by atoms with Crippen molar-refractivity contribution in [2.75, 3.05) is 13.1 Å². The maximum Gasteiger partial charge on any atom is 0.326 e. The number of amides is 2. The van der Waals surface area contributed by atoms with Crippen molar-refractivity contribution < 1.29 is 14.7 Å². The summed E-state index contributed by atoms with van der Waals surface area (Å²) >= 11 is 0. The number of carboxylic acids is 1. The van der Waals surface area contributed by atoms with Crippen LogP contribution in [0.3, 0.4) is 0 Å². The van der Waals surface area contributed by atoms with Gasteiger partial charge in [-0.15, -0.1) is 0 Å². The second-order valence-electron chi connectivity index (χ2n) is 7.05. The normalized spacial score (nSPS) is 25.1. The van der Waals surface area contributed by atoms with Gasteiger partial charge in [0.25, 0.3) is 0 Å². The minimum Gasteiger partial charge on any atom is -0.480 e. The van der Waals surface area contributed by atoms with E-state index in [1.54, 1.807) is 0 Å². The van der Waals surface area contributed by atoms with Gasteiger partial charge in [-0.25, -0.2) is 9.59 Å². The van der Waals surface area contributed by atoms with Crippen molar-refractivity contribution in [1.82, 2.24) is 10.2 Å². The summed E-state index contributed by atoms with van der Waals surface area (Å²) in [7, 11) is 0. The average molecular weight is 284 g/mol. The molecule has 1 rings (SSSR count). The summed E-state index contributed by atoms with van der Waals surface area (Å²) < 4.78 is 0. The number of hydrogen-bond acceptors (Lipinski definition) is 2. The third-order valence-electron chi connectivity index (χ3n) is 4.49. The van der Waals surface area contributed by atoms with Crippen LogP contribution in [0.5, 0.6) is 0 Å². The number of aliphatic carboxylic acids is 1. The van der Waals surface area contributed by atoms with E-state index in [0.29, 0.717) is 19.0 Å². The fourth-order valence-corrected chi connectivity index (χ4v) is 2.44. The Morgan fingerprint density at radius 2 is 2.00 bits per heavy atom. The topological polar surface area (TPSA) is 69.6 Å².